The lowest BCUT2D eigenvalue weighted by atomic mass is 10.2. The van der Waals surface area contributed by atoms with Crippen molar-refractivity contribution in [3.05, 3.63) is 23.9 Å². The van der Waals surface area contributed by atoms with Crippen LogP contribution < -0.4 is 15.4 Å². The monoisotopic (exact) mass is 332 g/mol. The van der Waals surface area contributed by atoms with E-state index in [0.29, 0.717) is 17.2 Å². The van der Waals surface area contributed by atoms with Crippen LogP contribution in [-0.4, -0.2) is 43.4 Å². The van der Waals surface area contributed by atoms with Gasteiger partial charge in [0.1, 0.15) is 11.3 Å². The molecule has 2 aromatic rings. The molecule has 0 radical (unpaired) electrons. The molecule has 1 aliphatic heterocycles. The maximum atomic E-state index is 12.5. The summed E-state index contributed by atoms with van der Waals surface area (Å²) in [6.45, 7) is 4.78. The van der Waals surface area contributed by atoms with Crippen LogP contribution in [0.1, 0.15) is 23.3 Å². The Balaban J connectivity index is 1.70. The number of hydrogen-bond donors (Lipinski definition) is 3. The van der Waals surface area contributed by atoms with Crippen LogP contribution in [-0.2, 0) is 0 Å². The SMILES string of the molecule is COc1ccc2cc(C(=O)NC3CCC[Si](C)(C)CN3)[nH]c2n1. The molecule has 0 spiro atoms. The van der Waals surface area contributed by atoms with Gasteiger partial charge in [-0.2, -0.15) is 4.98 Å². The number of methoxy groups -OCH3 is 1. The van der Waals surface area contributed by atoms with E-state index in [4.69, 9.17) is 4.74 Å². The first-order chi connectivity index (χ1) is 11.0. The van der Waals surface area contributed by atoms with E-state index < -0.39 is 8.07 Å². The van der Waals surface area contributed by atoms with E-state index in [0.717, 1.165) is 18.0 Å². The number of rotatable bonds is 3. The van der Waals surface area contributed by atoms with Crippen molar-refractivity contribution in [3.63, 3.8) is 0 Å². The lowest BCUT2D eigenvalue weighted by molar-refractivity contribution is 0.0924. The molecule has 1 atom stereocenters. The van der Waals surface area contributed by atoms with Crippen molar-refractivity contribution < 1.29 is 9.53 Å². The zero-order valence-corrected chi connectivity index (χ0v) is 14.9. The largest absolute Gasteiger partial charge is 0.481 e. The minimum absolute atomic E-state index is 0.0469. The predicted octanol–water partition coefficient (Wildman–Crippen LogP) is 2.26. The lowest BCUT2D eigenvalue weighted by Gasteiger charge is -2.21. The lowest BCUT2D eigenvalue weighted by Crippen LogP contribution is -2.49. The van der Waals surface area contributed by atoms with Gasteiger partial charge in [0.05, 0.1) is 21.3 Å². The molecule has 3 rings (SSSR count). The Morgan fingerprint density at radius 2 is 2.26 bits per heavy atom. The number of nitrogens with one attached hydrogen (secondary N) is 3. The second-order valence-electron chi connectivity index (χ2n) is 6.94. The van der Waals surface area contributed by atoms with Crippen LogP contribution in [0.15, 0.2) is 18.2 Å². The highest BCUT2D eigenvalue weighted by Gasteiger charge is 2.26. The summed E-state index contributed by atoms with van der Waals surface area (Å²) in [4.78, 5) is 19.9. The molecular weight excluding hydrogens is 308 g/mol. The molecule has 0 bridgehead atoms. The summed E-state index contributed by atoms with van der Waals surface area (Å²) in [6.07, 6.45) is 3.24. The number of fused-ring (bicyclic) bond motifs is 1. The van der Waals surface area contributed by atoms with Gasteiger partial charge in [-0.1, -0.05) is 25.6 Å². The molecule has 1 saturated heterocycles. The van der Waals surface area contributed by atoms with Gasteiger partial charge in [-0.05, 0) is 24.7 Å². The van der Waals surface area contributed by atoms with Crippen molar-refractivity contribution in [3.8, 4) is 5.88 Å². The van der Waals surface area contributed by atoms with Crippen LogP contribution in [0.2, 0.25) is 19.1 Å². The fourth-order valence-corrected chi connectivity index (χ4v) is 5.09. The van der Waals surface area contributed by atoms with E-state index in [9.17, 15) is 4.79 Å². The second-order valence-corrected chi connectivity index (χ2v) is 12.1. The summed E-state index contributed by atoms with van der Waals surface area (Å²) in [6, 6.07) is 6.82. The van der Waals surface area contributed by atoms with Crippen molar-refractivity contribution in [1.29, 1.82) is 0 Å². The number of amides is 1. The number of H-pyrrole nitrogens is 1. The Labute approximate surface area is 137 Å². The van der Waals surface area contributed by atoms with E-state index >= 15 is 0 Å². The zero-order chi connectivity index (χ0) is 16.4. The molecule has 2 aromatic heterocycles. The first-order valence-electron chi connectivity index (χ1n) is 8.05. The second kappa shape index (κ2) is 6.33. The molecule has 3 N–H and O–H groups in total. The standard InChI is InChI=1S/C16H24N4O2Si/c1-22-14-7-6-11-9-12(18-15(11)20-14)16(21)19-13-5-4-8-23(2,3)10-17-13/h6-7,9,13,17H,4-5,8,10H2,1-3H3,(H,18,20)(H,19,21). The van der Waals surface area contributed by atoms with Crippen molar-refractivity contribution in [2.75, 3.05) is 13.3 Å². The maximum absolute atomic E-state index is 12.5. The van der Waals surface area contributed by atoms with Gasteiger partial charge in [0.25, 0.3) is 5.91 Å². The summed E-state index contributed by atoms with van der Waals surface area (Å²) in [7, 11) is 0.433. The van der Waals surface area contributed by atoms with Crippen molar-refractivity contribution in [2.24, 2.45) is 0 Å². The number of nitrogens with zero attached hydrogens (tertiary/aromatic N) is 1. The minimum Gasteiger partial charge on any atom is -0.481 e. The number of pyridine rings is 1. The summed E-state index contributed by atoms with van der Waals surface area (Å²) < 4.78 is 5.11. The number of carbonyl (C=O) groups excluding carboxylic acids is 1. The van der Waals surface area contributed by atoms with Gasteiger partial charge in [-0.15, -0.1) is 0 Å². The normalized spacial score (nSPS) is 20.9. The Hall–Kier alpha value is -1.86. The van der Waals surface area contributed by atoms with Crippen molar-refractivity contribution >= 4 is 25.0 Å². The molecule has 1 unspecified atom stereocenters. The summed E-state index contributed by atoms with van der Waals surface area (Å²) in [5, 5.41) is 7.49. The number of aromatic nitrogens is 2. The fraction of sp³-hybridized carbons (Fsp3) is 0.500. The number of carbonyl (C=O) groups is 1. The highest BCUT2D eigenvalue weighted by Crippen LogP contribution is 2.19. The van der Waals surface area contributed by atoms with Gasteiger partial charge >= 0.3 is 0 Å². The fourth-order valence-electron chi connectivity index (χ4n) is 2.96. The van der Waals surface area contributed by atoms with E-state index in [-0.39, 0.29) is 12.1 Å². The minimum atomic E-state index is -1.14. The molecule has 124 valence electrons. The maximum Gasteiger partial charge on any atom is 0.268 e. The highest BCUT2D eigenvalue weighted by atomic mass is 28.3. The van der Waals surface area contributed by atoms with Gasteiger partial charge in [-0.3, -0.25) is 4.79 Å². The summed E-state index contributed by atoms with van der Waals surface area (Å²) in [5.41, 5.74) is 1.19. The average Bonchev–Trinajstić information content (AvgIpc) is 2.87. The highest BCUT2D eigenvalue weighted by molar-refractivity contribution is 6.77. The Bertz CT molecular complexity index is 713. The van der Waals surface area contributed by atoms with Crippen LogP contribution in [0.5, 0.6) is 5.88 Å². The third-order valence-electron chi connectivity index (χ3n) is 4.39. The molecule has 23 heavy (non-hydrogen) atoms. The average molecular weight is 332 g/mol. The van der Waals surface area contributed by atoms with Crippen molar-refractivity contribution in [1.82, 2.24) is 20.6 Å². The zero-order valence-electron chi connectivity index (χ0n) is 13.9. The smallest absolute Gasteiger partial charge is 0.268 e. The first kappa shape index (κ1) is 16.0. The van der Waals surface area contributed by atoms with Crippen LogP contribution >= 0.6 is 0 Å². The van der Waals surface area contributed by atoms with Crippen LogP contribution in [0, 0.1) is 0 Å². The third kappa shape index (κ3) is 3.73. The predicted molar refractivity (Wildman–Crippen MR) is 93.4 cm³/mol. The molecule has 6 nitrogen and oxygen atoms in total. The topological polar surface area (TPSA) is 79.0 Å². The molecule has 1 aliphatic rings. The number of hydrogen-bond acceptors (Lipinski definition) is 4. The van der Waals surface area contributed by atoms with Crippen LogP contribution in [0.25, 0.3) is 11.0 Å². The number of ether oxygens (including phenoxy) is 1. The molecule has 0 aliphatic carbocycles. The summed E-state index contributed by atoms with van der Waals surface area (Å²) >= 11 is 0. The Kier molecular flexibility index (Phi) is 4.41. The number of aromatic amines is 1. The van der Waals surface area contributed by atoms with Gasteiger partial charge in [0.2, 0.25) is 5.88 Å². The van der Waals surface area contributed by atoms with Gasteiger partial charge < -0.3 is 20.4 Å². The van der Waals surface area contributed by atoms with Crippen molar-refractivity contribution in [2.45, 2.75) is 38.1 Å². The molecular formula is C16H24N4O2Si. The van der Waals surface area contributed by atoms with E-state index in [2.05, 4.69) is 33.7 Å². The van der Waals surface area contributed by atoms with Crippen LogP contribution in [0.3, 0.4) is 0 Å². The Morgan fingerprint density at radius 1 is 1.43 bits per heavy atom. The molecule has 0 aromatic carbocycles. The molecule has 1 fully saturated rings. The molecule has 0 saturated carbocycles. The molecule has 1 amide bonds. The quantitative estimate of drug-likeness (QED) is 0.753. The van der Waals surface area contributed by atoms with E-state index in [1.807, 2.05) is 12.1 Å². The first-order valence-corrected chi connectivity index (χ1v) is 11.5. The summed E-state index contributed by atoms with van der Waals surface area (Å²) in [5.74, 6) is 0.435. The third-order valence-corrected chi connectivity index (χ3v) is 7.25. The van der Waals surface area contributed by atoms with E-state index in [1.165, 1.54) is 12.5 Å². The van der Waals surface area contributed by atoms with Gasteiger partial charge in [-0.25, -0.2) is 0 Å². The Morgan fingerprint density at radius 3 is 3.04 bits per heavy atom. The molecule has 7 heteroatoms. The van der Waals surface area contributed by atoms with E-state index in [1.54, 1.807) is 13.2 Å². The van der Waals surface area contributed by atoms with Crippen LogP contribution in [0.4, 0.5) is 0 Å². The molecule has 3 heterocycles. The van der Waals surface area contributed by atoms with Gasteiger partial charge in [0.15, 0.2) is 0 Å². The van der Waals surface area contributed by atoms with Gasteiger partial charge in [0, 0.05) is 11.5 Å².